The topological polar surface area (TPSA) is 102 Å². The first-order valence-electron chi connectivity index (χ1n) is 8.80. The molecule has 0 saturated carbocycles. The second-order valence-electron chi connectivity index (χ2n) is 6.98. The van der Waals surface area contributed by atoms with Gasteiger partial charge in [0.1, 0.15) is 11.4 Å². The molecule has 0 bridgehead atoms. The minimum atomic E-state index is -4.86. The number of carbonyl (C=O) groups excluding carboxylic acids is 1. The van der Waals surface area contributed by atoms with Crippen molar-refractivity contribution in [2.45, 2.75) is 37.6 Å². The zero-order valence-corrected chi connectivity index (χ0v) is 16.1. The molecular weight excluding hydrogens is 451 g/mol. The van der Waals surface area contributed by atoms with Gasteiger partial charge in [0.15, 0.2) is 17.7 Å². The predicted octanol–water partition coefficient (Wildman–Crippen LogP) is 3.83. The molecule has 7 nitrogen and oxygen atoms in total. The number of nitrogens with two attached hydrogens (primary N) is 1. The SMILES string of the molecule is C[C@]1(c2cc(NC(=O)c3cnc(C(F)F)cn3)cc(F)c2F)C[C@@H](C(F)(F)F)OC(N)=N1. The van der Waals surface area contributed by atoms with Crippen molar-refractivity contribution in [2.75, 3.05) is 5.32 Å². The zero-order valence-electron chi connectivity index (χ0n) is 16.1. The van der Waals surface area contributed by atoms with Gasteiger partial charge in [0.25, 0.3) is 18.4 Å². The van der Waals surface area contributed by atoms with E-state index in [0.29, 0.717) is 12.3 Å². The van der Waals surface area contributed by atoms with Crippen LogP contribution >= 0.6 is 0 Å². The van der Waals surface area contributed by atoms with Crippen molar-refractivity contribution in [3.8, 4) is 0 Å². The van der Waals surface area contributed by atoms with Crippen LogP contribution in [-0.4, -0.2) is 34.2 Å². The van der Waals surface area contributed by atoms with E-state index in [4.69, 9.17) is 5.73 Å². The minimum absolute atomic E-state index is 0.353. The summed E-state index contributed by atoms with van der Waals surface area (Å²) < 4.78 is 97.7. The van der Waals surface area contributed by atoms with Gasteiger partial charge >= 0.3 is 6.18 Å². The van der Waals surface area contributed by atoms with Crippen molar-refractivity contribution in [2.24, 2.45) is 10.7 Å². The third-order valence-electron chi connectivity index (χ3n) is 4.56. The lowest BCUT2D eigenvalue weighted by atomic mass is 9.85. The lowest BCUT2D eigenvalue weighted by molar-refractivity contribution is -0.208. The minimum Gasteiger partial charge on any atom is -0.452 e. The van der Waals surface area contributed by atoms with Crippen molar-refractivity contribution in [3.05, 3.63) is 53.1 Å². The largest absolute Gasteiger partial charge is 0.452 e. The first kappa shape index (κ1) is 23.2. The van der Waals surface area contributed by atoms with E-state index in [2.05, 4.69) is 25.0 Å². The molecule has 2 aromatic rings. The van der Waals surface area contributed by atoms with Crippen molar-refractivity contribution in [3.63, 3.8) is 0 Å². The smallest absolute Gasteiger partial charge is 0.425 e. The van der Waals surface area contributed by atoms with Gasteiger partial charge in [-0.1, -0.05) is 0 Å². The van der Waals surface area contributed by atoms with E-state index >= 15 is 0 Å². The van der Waals surface area contributed by atoms with Gasteiger partial charge in [-0.3, -0.25) is 9.78 Å². The van der Waals surface area contributed by atoms with Crippen LogP contribution in [0, 0.1) is 11.6 Å². The number of aliphatic imine (C=N–C) groups is 1. The molecule has 0 saturated heterocycles. The van der Waals surface area contributed by atoms with Crippen LogP contribution in [0.15, 0.2) is 29.5 Å². The Morgan fingerprint density at radius 2 is 1.94 bits per heavy atom. The molecule has 1 aliphatic heterocycles. The number of alkyl halides is 5. The Bertz CT molecular complexity index is 1060. The molecule has 3 N–H and O–H groups in total. The van der Waals surface area contributed by atoms with Gasteiger partial charge in [-0.05, 0) is 13.0 Å². The molecule has 0 spiro atoms. The molecule has 0 radical (unpaired) electrons. The van der Waals surface area contributed by atoms with E-state index in [1.165, 1.54) is 0 Å². The van der Waals surface area contributed by atoms with Crippen LogP contribution in [-0.2, 0) is 10.3 Å². The molecule has 1 amide bonds. The first-order valence-corrected chi connectivity index (χ1v) is 8.80. The van der Waals surface area contributed by atoms with Crippen LogP contribution in [0.3, 0.4) is 0 Å². The molecule has 2 atom stereocenters. The maximum atomic E-state index is 14.5. The van der Waals surface area contributed by atoms with E-state index in [1.54, 1.807) is 0 Å². The number of amidine groups is 1. The van der Waals surface area contributed by atoms with Gasteiger partial charge in [-0.15, -0.1) is 0 Å². The van der Waals surface area contributed by atoms with Crippen LogP contribution < -0.4 is 11.1 Å². The fraction of sp³-hybridized carbons (Fsp3) is 0.333. The fourth-order valence-electron chi connectivity index (χ4n) is 3.03. The number of halogens is 7. The first-order chi connectivity index (χ1) is 14.8. The van der Waals surface area contributed by atoms with Crippen LogP contribution in [0.25, 0.3) is 0 Å². The average molecular weight is 465 g/mol. The number of carbonyl (C=O) groups is 1. The van der Waals surface area contributed by atoms with E-state index < -0.39 is 71.2 Å². The van der Waals surface area contributed by atoms with Crippen molar-refractivity contribution >= 4 is 17.6 Å². The summed E-state index contributed by atoms with van der Waals surface area (Å²) in [6.45, 7) is 1.10. The van der Waals surface area contributed by atoms with Gasteiger partial charge < -0.3 is 15.8 Å². The third kappa shape index (κ3) is 4.73. The summed E-state index contributed by atoms with van der Waals surface area (Å²) in [5, 5.41) is 2.16. The van der Waals surface area contributed by atoms with Crippen molar-refractivity contribution in [1.29, 1.82) is 0 Å². The van der Waals surface area contributed by atoms with Crippen LogP contribution in [0.4, 0.5) is 36.4 Å². The number of hydrogen-bond acceptors (Lipinski definition) is 6. The second kappa shape index (κ2) is 8.24. The van der Waals surface area contributed by atoms with E-state index in [-0.39, 0.29) is 5.69 Å². The second-order valence-corrected chi connectivity index (χ2v) is 6.98. The summed E-state index contributed by atoms with van der Waals surface area (Å²) in [7, 11) is 0. The lowest BCUT2D eigenvalue weighted by Gasteiger charge is -2.36. The lowest BCUT2D eigenvalue weighted by Crippen LogP contribution is -2.46. The number of benzene rings is 1. The van der Waals surface area contributed by atoms with Crippen LogP contribution in [0.2, 0.25) is 0 Å². The maximum absolute atomic E-state index is 14.5. The Morgan fingerprint density at radius 1 is 1.25 bits per heavy atom. The zero-order chi connectivity index (χ0) is 23.8. The molecule has 3 rings (SSSR count). The van der Waals surface area contributed by atoms with Gasteiger partial charge in [0, 0.05) is 23.7 Å². The number of ether oxygens (including phenoxy) is 1. The molecule has 0 fully saturated rings. The standard InChI is InChI=1S/C18H14F7N5O2/c1-17(4-12(18(23,24)25)32-16(26)30-17)8-2-7(3-9(19)13(8)20)29-15(31)11-6-27-10(5-28-11)14(21)22/h2-3,5-6,12,14H,4H2,1H3,(H2,26,30)(H,29,31)/t12-,17+/m0/s1. The Morgan fingerprint density at radius 3 is 2.50 bits per heavy atom. The van der Waals surface area contributed by atoms with Crippen molar-refractivity contribution in [1.82, 2.24) is 9.97 Å². The van der Waals surface area contributed by atoms with Gasteiger partial charge in [0.2, 0.25) is 0 Å². The Kier molecular flexibility index (Phi) is 5.98. The van der Waals surface area contributed by atoms with Gasteiger partial charge in [0.05, 0.1) is 17.9 Å². The summed E-state index contributed by atoms with van der Waals surface area (Å²) in [6, 6.07) is 0.589. The molecule has 2 heterocycles. The van der Waals surface area contributed by atoms with Gasteiger partial charge in [-0.25, -0.2) is 27.5 Å². The van der Waals surface area contributed by atoms with Crippen LogP contribution in [0.1, 0.15) is 41.5 Å². The number of nitrogens with one attached hydrogen (secondary N) is 1. The molecule has 1 aliphatic rings. The number of hydrogen-bond donors (Lipinski definition) is 2. The summed E-state index contributed by atoms with van der Waals surface area (Å²) in [5.41, 5.74) is 1.27. The highest BCUT2D eigenvalue weighted by molar-refractivity contribution is 6.02. The molecule has 172 valence electrons. The van der Waals surface area contributed by atoms with Crippen LogP contribution in [0.5, 0.6) is 0 Å². The Balaban J connectivity index is 1.94. The fourth-order valence-corrected chi connectivity index (χ4v) is 3.03. The molecule has 14 heteroatoms. The molecular formula is C18H14F7N5O2. The summed E-state index contributed by atoms with van der Waals surface area (Å²) in [5.74, 6) is -3.99. The molecule has 0 aliphatic carbocycles. The highest BCUT2D eigenvalue weighted by Crippen LogP contribution is 2.41. The quantitative estimate of drug-likeness (QED) is 0.669. The number of amides is 1. The molecule has 32 heavy (non-hydrogen) atoms. The number of anilines is 1. The Hall–Kier alpha value is -3.45. The van der Waals surface area contributed by atoms with E-state index in [0.717, 1.165) is 19.2 Å². The highest BCUT2D eigenvalue weighted by Gasteiger charge is 2.50. The molecule has 1 aromatic carbocycles. The monoisotopic (exact) mass is 465 g/mol. The normalized spacial score (nSPS) is 21.2. The third-order valence-corrected chi connectivity index (χ3v) is 4.56. The van der Waals surface area contributed by atoms with E-state index in [9.17, 15) is 35.5 Å². The summed E-state index contributed by atoms with van der Waals surface area (Å²) >= 11 is 0. The van der Waals surface area contributed by atoms with Gasteiger partial charge in [-0.2, -0.15) is 13.2 Å². The van der Waals surface area contributed by atoms with E-state index in [1.807, 2.05) is 0 Å². The number of rotatable bonds is 4. The molecule has 1 aromatic heterocycles. The average Bonchev–Trinajstić information content (AvgIpc) is 2.69. The number of aromatic nitrogens is 2. The number of nitrogens with zero attached hydrogens (tertiary/aromatic N) is 3. The predicted molar refractivity (Wildman–Crippen MR) is 95.8 cm³/mol. The summed E-state index contributed by atoms with van der Waals surface area (Å²) in [4.78, 5) is 22.8. The highest BCUT2D eigenvalue weighted by atomic mass is 19.4. The summed E-state index contributed by atoms with van der Waals surface area (Å²) in [6.07, 6.45) is -9.70. The maximum Gasteiger partial charge on any atom is 0.425 e. The molecule has 0 unspecified atom stereocenters. The van der Waals surface area contributed by atoms with Crippen molar-refractivity contribution < 1.29 is 40.3 Å². The Labute approximate surface area is 175 Å².